The molecule has 0 radical (unpaired) electrons. The van der Waals surface area contributed by atoms with Crippen LogP contribution in [0.25, 0.3) is 10.9 Å². The molecule has 1 aliphatic rings. The van der Waals surface area contributed by atoms with Gasteiger partial charge in [-0.25, -0.2) is 4.79 Å². The third kappa shape index (κ3) is 6.53. The van der Waals surface area contributed by atoms with Gasteiger partial charge in [0.15, 0.2) is 0 Å². The van der Waals surface area contributed by atoms with Crippen LogP contribution in [0.1, 0.15) is 38.8 Å². The van der Waals surface area contributed by atoms with Crippen LogP contribution in [-0.2, 0) is 27.4 Å². The highest BCUT2D eigenvalue weighted by molar-refractivity contribution is 6.32. The minimum absolute atomic E-state index is 0.0789. The first-order valence-electron chi connectivity index (χ1n) is 14.5. The van der Waals surface area contributed by atoms with Crippen molar-refractivity contribution in [2.75, 3.05) is 18.6 Å². The van der Waals surface area contributed by atoms with Gasteiger partial charge >= 0.3 is 6.09 Å². The average molecular weight is 617 g/mol. The summed E-state index contributed by atoms with van der Waals surface area (Å²) in [7, 11) is 1.49. The molecular weight excluding hydrogens is 580 g/mol. The van der Waals surface area contributed by atoms with Crippen LogP contribution in [0.5, 0.6) is 5.75 Å². The summed E-state index contributed by atoms with van der Waals surface area (Å²) in [6.45, 7) is 7.48. The lowest BCUT2D eigenvalue weighted by Crippen LogP contribution is -2.55. The third-order valence-corrected chi connectivity index (χ3v) is 8.02. The Hall–Kier alpha value is -4.50. The molecule has 5 rings (SSSR count). The number of likely N-dealkylation sites (N-methyl/N-ethyl adjacent to an activating group) is 1. The number of ether oxygens (including phenoxy) is 2. The fourth-order valence-electron chi connectivity index (χ4n) is 5.15. The number of hydrogen-bond acceptors (Lipinski definition) is 5. The molecule has 0 saturated heterocycles. The van der Waals surface area contributed by atoms with E-state index in [1.165, 1.54) is 11.9 Å². The molecule has 44 heavy (non-hydrogen) atoms. The minimum Gasteiger partial charge on any atom is -0.489 e. The van der Waals surface area contributed by atoms with Crippen LogP contribution in [0.4, 0.5) is 10.5 Å². The summed E-state index contributed by atoms with van der Waals surface area (Å²) in [5.41, 5.74) is 2.69. The number of carbonyl (C=O) groups excluding carboxylic acids is 3. The van der Waals surface area contributed by atoms with E-state index in [1.807, 2.05) is 77.4 Å². The Balaban J connectivity index is 1.45. The van der Waals surface area contributed by atoms with Gasteiger partial charge in [0, 0.05) is 30.1 Å². The predicted octanol–water partition coefficient (Wildman–Crippen LogP) is 6.01. The van der Waals surface area contributed by atoms with Crippen molar-refractivity contribution in [3.05, 3.63) is 95.1 Å². The lowest BCUT2D eigenvalue weighted by Gasteiger charge is -2.29. The Kier molecular flexibility index (Phi) is 8.87. The van der Waals surface area contributed by atoms with Crippen molar-refractivity contribution in [1.82, 2.24) is 14.8 Å². The monoisotopic (exact) mass is 616 g/mol. The van der Waals surface area contributed by atoms with Crippen molar-refractivity contribution in [3.8, 4) is 5.75 Å². The fourth-order valence-corrected chi connectivity index (χ4v) is 5.47. The maximum Gasteiger partial charge on any atom is 0.410 e. The van der Waals surface area contributed by atoms with Gasteiger partial charge in [-0.3, -0.25) is 14.5 Å². The van der Waals surface area contributed by atoms with E-state index < -0.39 is 29.7 Å². The summed E-state index contributed by atoms with van der Waals surface area (Å²) in [4.78, 5) is 42.9. The number of aromatic nitrogens is 1. The Morgan fingerprint density at radius 2 is 1.68 bits per heavy atom. The second-order valence-electron chi connectivity index (χ2n) is 11.9. The molecule has 3 aromatic carbocycles. The number of fused-ring (bicyclic) bond motifs is 2. The molecule has 2 atom stereocenters. The molecule has 0 bridgehead atoms. The molecule has 4 aromatic rings. The van der Waals surface area contributed by atoms with Gasteiger partial charge in [-0.05, 0) is 51.5 Å². The fraction of sp³-hybridized carbons (Fsp3) is 0.324. The van der Waals surface area contributed by atoms with Gasteiger partial charge in [-0.1, -0.05) is 72.3 Å². The van der Waals surface area contributed by atoms with Gasteiger partial charge in [-0.2, -0.15) is 0 Å². The molecule has 1 aliphatic heterocycles. The number of amides is 3. The largest absolute Gasteiger partial charge is 0.489 e. The number of benzene rings is 3. The van der Waals surface area contributed by atoms with Crippen LogP contribution in [0.15, 0.2) is 78.9 Å². The summed E-state index contributed by atoms with van der Waals surface area (Å²) >= 11 is 7.08. The van der Waals surface area contributed by atoms with E-state index in [1.54, 1.807) is 38.7 Å². The van der Waals surface area contributed by atoms with E-state index in [9.17, 15) is 14.4 Å². The highest BCUT2D eigenvalue weighted by atomic mass is 35.5. The van der Waals surface area contributed by atoms with Gasteiger partial charge in [0.1, 0.15) is 35.2 Å². The number of anilines is 1. The molecule has 0 unspecified atom stereocenters. The first-order chi connectivity index (χ1) is 20.9. The standard InChI is InChI=1S/C34H37ClN4O5/c1-22(37(5)33(42)44-34(2,3)4)31(40)36-26-21-43-29-18-12-11-17-28(29)39(32(26)41)20-25-24-15-9-10-16-27(24)38(30(25)35)19-23-13-7-6-8-14-23/h6-18,22,26H,19-21H2,1-5H3,(H,36,40)/t22-,26-/m0/s1. The maximum absolute atomic E-state index is 14.2. The van der Waals surface area contributed by atoms with E-state index in [-0.39, 0.29) is 19.1 Å². The molecule has 0 spiro atoms. The molecule has 3 amide bonds. The number of hydrogen-bond donors (Lipinski definition) is 1. The molecule has 0 saturated carbocycles. The zero-order valence-corrected chi connectivity index (χ0v) is 26.3. The second kappa shape index (κ2) is 12.6. The van der Waals surface area contributed by atoms with Crippen LogP contribution in [0.2, 0.25) is 5.15 Å². The van der Waals surface area contributed by atoms with Crippen LogP contribution in [0, 0.1) is 0 Å². The van der Waals surface area contributed by atoms with Crippen molar-refractivity contribution in [2.24, 2.45) is 0 Å². The predicted molar refractivity (Wildman–Crippen MR) is 171 cm³/mol. The van der Waals surface area contributed by atoms with Crippen molar-refractivity contribution in [3.63, 3.8) is 0 Å². The Morgan fingerprint density at radius 1 is 1.02 bits per heavy atom. The Bertz CT molecular complexity index is 1680. The number of rotatable bonds is 7. The van der Waals surface area contributed by atoms with Gasteiger partial charge in [0.2, 0.25) is 5.91 Å². The lowest BCUT2D eigenvalue weighted by atomic mass is 10.1. The topological polar surface area (TPSA) is 93.1 Å². The molecule has 0 fully saturated rings. The highest BCUT2D eigenvalue weighted by Crippen LogP contribution is 2.37. The number of para-hydroxylation sites is 3. The van der Waals surface area contributed by atoms with Crippen molar-refractivity contribution < 1.29 is 23.9 Å². The highest BCUT2D eigenvalue weighted by Gasteiger charge is 2.36. The molecular formula is C34H37ClN4O5. The quantitative estimate of drug-likeness (QED) is 0.275. The van der Waals surface area contributed by atoms with Crippen molar-refractivity contribution in [1.29, 1.82) is 0 Å². The zero-order chi connectivity index (χ0) is 31.6. The summed E-state index contributed by atoms with van der Waals surface area (Å²) in [5, 5.41) is 4.26. The Labute approximate surface area is 262 Å². The molecule has 10 heteroatoms. The van der Waals surface area contributed by atoms with E-state index >= 15 is 0 Å². The number of nitrogens with one attached hydrogen (secondary N) is 1. The number of nitrogens with zero attached hydrogens (tertiary/aromatic N) is 3. The van der Waals surface area contributed by atoms with E-state index in [0.29, 0.717) is 23.1 Å². The van der Waals surface area contributed by atoms with E-state index in [2.05, 4.69) is 5.32 Å². The molecule has 9 nitrogen and oxygen atoms in total. The van der Waals surface area contributed by atoms with Crippen LogP contribution >= 0.6 is 11.6 Å². The smallest absolute Gasteiger partial charge is 0.410 e. The van der Waals surface area contributed by atoms with Crippen molar-refractivity contribution in [2.45, 2.75) is 58.5 Å². The zero-order valence-electron chi connectivity index (χ0n) is 25.5. The summed E-state index contributed by atoms with van der Waals surface area (Å²) in [5.74, 6) is -0.351. The molecule has 2 heterocycles. The van der Waals surface area contributed by atoms with Gasteiger partial charge in [0.25, 0.3) is 5.91 Å². The number of halogens is 1. The maximum atomic E-state index is 14.2. The summed E-state index contributed by atoms with van der Waals surface area (Å²) in [6, 6.07) is 23.3. The normalized spacial score (nSPS) is 15.6. The van der Waals surface area contributed by atoms with Gasteiger partial charge in [0.05, 0.1) is 12.2 Å². The van der Waals surface area contributed by atoms with Crippen molar-refractivity contribution >= 4 is 46.1 Å². The molecule has 1 N–H and O–H groups in total. The van der Waals surface area contributed by atoms with Gasteiger partial charge < -0.3 is 24.3 Å². The molecule has 1 aromatic heterocycles. The minimum atomic E-state index is -1.01. The molecule has 230 valence electrons. The van der Waals surface area contributed by atoms with Gasteiger partial charge in [-0.15, -0.1) is 0 Å². The molecule has 0 aliphatic carbocycles. The average Bonchev–Trinajstić information content (AvgIpc) is 3.18. The third-order valence-electron chi connectivity index (χ3n) is 7.59. The summed E-state index contributed by atoms with van der Waals surface area (Å²) < 4.78 is 13.5. The van der Waals surface area contributed by atoms with Crippen LogP contribution < -0.4 is 15.0 Å². The van der Waals surface area contributed by atoms with E-state index in [0.717, 1.165) is 22.0 Å². The first kappa shape index (κ1) is 30.9. The van der Waals surface area contributed by atoms with Crippen LogP contribution in [0.3, 0.4) is 0 Å². The lowest BCUT2D eigenvalue weighted by molar-refractivity contribution is -0.130. The Morgan fingerprint density at radius 3 is 2.41 bits per heavy atom. The second-order valence-corrected chi connectivity index (χ2v) is 12.2. The first-order valence-corrected chi connectivity index (χ1v) is 14.9. The SMILES string of the molecule is C[C@@H](C(=O)N[C@H]1COc2ccccc2N(Cc2c(Cl)n(Cc3ccccc3)c3ccccc23)C1=O)N(C)C(=O)OC(C)(C)C. The van der Waals surface area contributed by atoms with E-state index in [4.69, 9.17) is 21.1 Å². The summed E-state index contributed by atoms with van der Waals surface area (Å²) in [6.07, 6.45) is -0.640. The number of carbonyl (C=O) groups is 3. The van der Waals surface area contributed by atoms with Crippen LogP contribution in [-0.4, -0.2) is 58.7 Å².